The summed E-state index contributed by atoms with van der Waals surface area (Å²) in [7, 11) is 3.27. The monoisotopic (exact) mass is 579 g/mol. The summed E-state index contributed by atoms with van der Waals surface area (Å²) in [5.74, 6) is -1.02. The van der Waals surface area contributed by atoms with Gasteiger partial charge in [0.1, 0.15) is 11.9 Å². The Morgan fingerprint density at radius 2 is 1.64 bits per heavy atom. The third-order valence-corrected chi connectivity index (χ3v) is 7.88. The van der Waals surface area contributed by atoms with E-state index in [0.717, 1.165) is 11.1 Å². The summed E-state index contributed by atoms with van der Waals surface area (Å²) >= 11 is 12.2. The van der Waals surface area contributed by atoms with Gasteiger partial charge in [0.25, 0.3) is 0 Å². The molecule has 212 valence electrons. The second-order valence-electron chi connectivity index (χ2n) is 9.86. The number of nitrogens with one attached hydrogen (secondary N) is 3. The summed E-state index contributed by atoms with van der Waals surface area (Å²) in [6.45, 7) is 4.96. The van der Waals surface area contributed by atoms with E-state index in [1.54, 1.807) is 50.2 Å². The highest BCUT2D eigenvalue weighted by atomic mass is 35.5. The summed E-state index contributed by atoms with van der Waals surface area (Å²) in [5, 5.41) is 9.37. The van der Waals surface area contributed by atoms with Crippen LogP contribution in [0.4, 0.5) is 4.39 Å². The smallest absolute Gasteiger partial charge is 0.245 e. The molecular formula is C28H36Cl2FN5O3. The highest BCUT2D eigenvalue weighted by Gasteiger charge is 2.36. The van der Waals surface area contributed by atoms with Crippen LogP contribution in [0, 0.1) is 5.82 Å². The molecule has 4 atom stereocenters. The molecule has 1 aliphatic heterocycles. The van der Waals surface area contributed by atoms with E-state index < -0.39 is 18.1 Å². The second-order valence-corrected chi connectivity index (χ2v) is 10.7. The van der Waals surface area contributed by atoms with Crippen molar-refractivity contribution in [2.45, 2.75) is 50.9 Å². The number of hydrogen-bond acceptors (Lipinski definition) is 5. The number of likely N-dealkylation sites (N-methyl/N-ethyl adjacent to an activating group) is 2. The van der Waals surface area contributed by atoms with Gasteiger partial charge in [0.15, 0.2) is 0 Å². The van der Waals surface area contributed by atoms with Crippen LogP contribution in [-0.2, 0) is 27.2 Å². The van der Waals surface area contributed by atoms with Gasteiger partial charge in [-0.25, -0.2) is 4.39 Å². The minimum Gasteiger partial charge on any atom is -0.358 e. The Bertz CT molecular complexity index is 1170. The maximum Gasteiger partial charge on any atom is 0.245 e. The minimum absolute atomic E-state index is 0.129. The van der Waals surface area contributed by atoms with Crippen molar-refractivity contribution >= 4 is 40.9 Å². The predicted octanol–water partition coefficient (Wildman–Crippen LogP) is 2.66. The molecule has 0 aromatic heterocycles. The molecule has 0 spiro atoms. The number of hydrogen-bond donors (Lipinski definition) is 3. The topological polar surface area (TPSA) is 93.8 Å². The lowest BCUT2D eigenvalue weighted by Gasteiger charge is -2.43. The van der Waals surface area contributed by atoms with E-state index in [2.05, 4.69) is 20.9 Å². The predicted molar refractivity (Wildman–Crippen MR) is 151 cm³/mol. The van der Waals surface area contributed by atoms with Gasteiger partial charge in [-0.05, 0) is 62.7 Å². The standard InChI is InChI=1S/C28H36Cl2FN5O3/c1-17-16-35(25(27(38)33-4)15-20-7-10-22(29)23(30)13-20)11-12-36(17)28(39)24(34-26(37)18(2)32-3)14-19-5-8-21(31)9-6-19/h5-10,13,17-18,24-25,32H,11-12,14-16H2,1-4H3,(H,33,38)(H,34,37). The lowest BCUT2D eigenvalue weighted by molar-refractivity contribution is -0.141. The first-order chi connectivity index (χ1) is 18.5. The summed E-state index contributed by atoms with van der Waals surface area (Å²) in [4.78, 5) is 43.1. The zero-order chi connectivity index (χ0) is 28.7. The second kappa shape index (κ2) is 14.1. The van der Waals surface area contributed by atoms with Gasteiger partial charge in [-0.15, -0.1) is 0 Å². The van der Waals surface area contributed by atoms with Gasteiger partial charge < -0.3 is 20.9 Å². The normalized spacial score (nSPS) is 18.2. The fraction of sp³-hybridized carbons (Fsp3) is 0.464. The van der Waals surface area contributed by atoms with E-state index in [1.165, 1.54) is 12.1 Å². The van der Waals surface area contributed by atoms with Crippen molar-refractivity contribution in [1.82, 2.24) is 25.8 Å². The molecule has 3 N–H and O–H groups in total. The van der Waals surface area contributed by atoms with Crippen LogP contribution in [0.5, 0.6) is 0 Å². The fourth-order valence-electron chi connectivity index (χ4n) is 4.72. The lowest BCUT2D eigenvalue weighted by Crippen LogP contribution is -2.62. The zero-order valence-corrected chi connectivity index (χ0v) is 24.2. The molecule has 2 aromatic carbocycles. The number of carbonyl (C=O) groups excluding carboxylic acids is 3. The van der Waals surface area contributed by atoms with Gasteiger partial charge in [-0.3, -0.25) is 19.3 Å². The number of rotatable bonds is 10. The summed E-state index contributed by atoms with van der Waals surface area (Å²) in [6, 6.07) is 9.23. The molecule has 0 bridgehead atoms. The van der Waals surface area contributed by atoms with Crippen LogP contribution >= 0.6 is 23.2 Å². The minimum atomic E-state index is -0.821. The van der Waals surface area contributed by atoms with Gasteiger partial charge in [-0.1, -0.05) is 41.4 Å². The molecule has 0 saturated carbocycles. The van der Waals surface area contributed by atoms with E-state index >= 15 is 0 Å². The first-order valence-electron chi connectivity index (χ1n) is 13.0. The van der Waals surface area contributed by atoms with E-state index in [4.69, 9.17) is 23.2 Å². The van der Waals surface area contributed by atoms with Crippen molar-refractivity contribution in [3.63, 3.8) is 0 Å². The Balaban J connectivity index is 1.76. The van der Waals surface area contributed by atoms with Crippen LogP contribution in [0.2, 0.25) is 10.0 Å². The quantitative estimate of drug-likeness (QED) is 0.402. The molecule has 0 radical (unpaired) electrons. The van der Waals surface area contributed by atoms with Crippen LogP contribution in [0.15, 0.2) is 42.5 Å². The van der Waals surface area contributed by atoms with Crippen LogP contribution in [0.3, 0.4) is 0 Å². The Kier molecular flexibility index (Phi) is 11.1. The first kappa shape index (κ1) is 30.8. The third kappa shape index (κ3) is 8.14. The molecule has 1 aliphatic rings. The van der Waals surface area contributed by atoms with Crippen molar-refractivity contribution in [2.75, 3.05) is 33.7 Å². The molecule has 1 fully saturated rings. The molecule has 2 aromatic rings. The molecular weight excluding hydrogens is 544 g/mol. The number of benzene rings is 2. The van der Waals surface area contributed by atoms with Gasteiger partial charge in [0.05, 0.1) is 22.1 Å². The van der Waals surface area contributed by atoms with Crippen molar-refractivity contribution < 1.29 is 18.8 Å². The third-order valence-electron chi connectivity index (χ3n) is 7.14. The highest BCUT2D eigenvalue weighted by molar-refractivity contribution is 6.42. The van der Waals surface area contributed by atoms with Crippen LogP contribution < -0.4 is 16.0 Å². The van der Waals surface area contributed by atoms with Crippen LogP contribution in [-0.4, -0.2) is 85.4 Å². The van der Waals surface area contributed by atoms with E-state index in [-0.39, 0.29) is 36.0 Å². The van der Waals surface area contributed by atoms with Crippen molar-refractivity contribution in [3.05, 3.63) is 69.5 Å². The van der Waals surface area contributed by atoms with Crippen molar-refractivity contribution in [2.24, 2.45) is 0 Å². The highest BCUT2D eigenvalue weighted by Crippen LogP contribution is 2.25. The van der Waals surface area contributed by atoms with Gasteiger partial charge in [0.2, 0.25) is 17.7 Å². The lowest BCUT2D eigenvalue weighted by atomic mass is 10.00. The summed E-state index contributed by atoms with van der Waals surface area (Å²) in [5.41, 5.74) is 1.62. The molecule has 3 amide bonds. The summed E-state index contributed by atoms with van der Waals surface area (Å²) < 4.78 is 13.4. The van der Waals surface area contributed by atoms with E-state index in [9.17, 15) is 18.8 Å². The molecule has 1 heterocycles. The number of amides is 3. The molecule has 39 heavy (non-hydrogen) atoms. The largest absolute Gasteiger partial charge is 0.358 e. The van der Waals surface area contributed by atoms with Crippen LogP contribution in [0.1, 0.15) is 25.0 Å². The van der Waals surface area contributed by atoms with E-state index in [0.29, 0.717) is 36.1 Å². The van der Waals surface area contributed by atoms with Crippen LogP contribution in [0.25, 0.3) is 0 Å². The number of halogens is 3. The Morgan fingerprint density at radius 1 is 0.974 bits per heavy atom. The van der Waals surface area contributed by atoms with Crippen molar-refractivity contribution in [1.29, 1.82) is 0 Å². The number of nitrogens with zero attached hydrogens (tertiary/aromatic N) is 2. The molecule has 8 nitrogen and oxygen atoms in total. The van der Waals surface area contributed by atoms with E-state index in [1.807, 2.05) is 13.0 Å². The Labute approximate surface area is 239 Å². The summed E-state index contributed by atoms with van der Waals surface area (Å²) in [6.07, 6.45) is 0.662. The molecule has 4 unspecified atom stereocenters. The maximum absolute atomic E-state index is 13.7. The number of piperazine rings is 1. The Hall–Kier alpha value is -2.72. The van der Waals surface area contributed by atoms with Gasteiger partial charge in [0, 0.05) is 39.1 Å². The van der Waals surface area contributed by atoms with Gasteiger partial charge in [-0.2, -0.15) is 0 Å². The average molecular weight is 581 g/mol. The molecule has 0 aliphatic carbocycles. The molecule has 1 saturated heterocycles. The van der Waals surface area contributed by atoms with Crippen molar-refractivity contribution in [3.8, 4) is 0 Å². The molecule has 11 heteroatoms. The SMILES string of the molecule is CNC(=O)C(Cc1ccc(Cl)c(Cl)c1)N1CCN(C(=O)C(Cc2ccc(F)cc2)NC(=O)C(C)NC)C(C)C1. The number of carbonyl (C=O) groups is 3. The Morgan fingerprint density at radius 3 is 2.23 bits per heavy atom. The van der Waals surface area contributed by atoms with Gasteiger partial charge >= 0.3 is 0 Å². The fourth-order valence-corrected chi connectivity index (χ4v) is 5.05. The first-order valence-corrected chi connectivity index (χ1v) is 13.7. The molecule has 3 rings (SSSR count). The maximum atomic E-state index is 13.7. The zero-order valence-electron chi connectivity index (χ0n) is 22.6. The average Bonchev–Trinajstić information content (AvgIpc) is 2.93.